The molecule has 3 N–H and O–H groups in total. The van der Waals surface area contributed by atoms with E-state index in [2.05, 4.69) is 15.0 Å². The normalized spacial score (nSPS) is 11.2. The van der Waals surface area contributed by atoms with Crippen LogP contribution in [0.5, 0.6) is 0 Å². The quantitative estimate of drug-likeness (QED) is 0.336. The van der Waals surface area contributed by atoms with Crippen LogP contribution >= 0.6 is 34.5 Å². The molecule has 0 bridgehead atoms. The number of hydrogen-bond donors (Lipinski definition) is 2. The number of rotatable bonds is 8. The first-order valence-corrected chi connectivity index (χ1v) is 12.3. The maximum Gasteiger partial charge on any atom is 0.302 e. The maximum absolute atomic E-state index is 12.9. The summed E-state index contributed by atoms with van der Waals surface area (Å²) >= 11 is 13.2. The lowest BCUT2D eigenvalue weighted by Crippen LogP contribution is -2.14. The van der Waals surface area contributed by atoms with Crippen LogP contribution in [-0.2, 0) is 19.4 Å². The molecular formula is C20H17Cl2N3O5S2. The van der Waals surface area contributed by atoms with Crippen LogP contribution in [0.3, 0.4) is 0 Å². The van der Waals surface area contributed by atoms with E-state index in [1.165, 1.54) is 19.1 Å². The van der Waals surface area contributed by atoms with Gasteiger partial charge in [-0.25, -0.2) is 13.4 Å². The van der Waals surface area contributed by atoms with Crippen LogP contribution in [0.4, 0.5) is 16.6 Å². The maximum atomic E-state index is 12.9. The molecule has 1 heterocycles. The Labute approximate surface area is 198 Å². The Hall–Kier alpha value is -2.66. The molecule has 0 radical (unpaired) electrons. The number of aromatic nitrogens is 1. The molecule has 3 aromatic rings. The fourth-order valence-electron chi connectivity index (χ4n) is 2.66. The number of ether oxygens (including phenoxy) is 1. The van der Waals surface area contributed by atoms with Crippen molar-refractivity contribution in [1.29, 1.82) is 0 Å². The van der Waals surface area contributed by atoms with E-state index in [4.69, 9.17) is 28.9 Å². The second-order valence-electron chi connectivity index (χ2n) is 6.47. The van der Waals surface area contributed by atoms with E-state index in [0.29, 0.717) is 10.8 Å². The Bertz CT molecular complexity index is 1250. The van der Waals surface area contributed by atoms with Crippen LogP contribution in [0.2, 0.25) is 10.0 Å². The number of nitrogens with one attached hydrogen (secondary N) is 1. The molecule has 0 saturated carbocycles. The number of benzene rings is 2. The molecule has 0 fully saturated rings. The van der Waals surface area contributed by atoms with Crippen molar-refractivity contribution >= 4 is 72.8 Å². The molecule has 8 nitrogen and oxygen atoms in total. The number of hydrogen-bond acceptors (Lipinski definition) is 9. The Morgan fingerprint density at radius 1 is 1.12 bits per heavy atom. The van der Waals surface area contributed by atoms with Crippen LogP contribution in [-0.4, -0.2) is 37.5 Å². The van der Waals surface area contributed by atoms with Gasteiger partial charge in [-0.2, -0.15) is 0 Å². The molecule has 2 aromatic carbocycles. The van der Waals surface area contributed by atoms with Gasteiger partial charge >= 0.3 is 5.97 Å². The number of ketones is 1. The number of halogens is 2. The van der Waals surface area contributed by atoms with Gasteiger partial charge in [0.1, 0.15) is 17.3 Å². The first-order chi connectivity index (χ1) is 15.1. The summed E-state index contributed by atoms with van der Waals surface area (Å²) in [6, 6.07) is 10.7. The molecule has 0 unspecified atom stereocenters. The Kier molecular flexibility index (Phi) is 7.40. The number of carbonyl (C=O) groups is 2. The summed E-state index contributed by atoms with van der Waals surface area (Å²) < 4.78 is 29.3. The third kappa shape index (κ3) is 5.57. The van der Waals surface area contributed by atoms with Crippen molar-refractivity contribution in [2.24, 2.45) is 0 Å². The fraction of sp³-hybridized carbons (Fsp3) is 0.150. The van der Waals surface area contributed by atoms with Gasteiger partial charge in [-0.3, -0.25) is 9.59 Å². The zero-order chi connectivity index (χ0) is 23.5. The van der Waals surface area contributed by atoms with Crippen molar-refractivity contribution in [1.82, 2.24) is 4.98 Å². The van der Waals surface area contributed by atoms with Crippen molar-refractivity contribution in [3.63, 3.8) is 0 Å². The Balaban J connectivity index is 1.75. The molecule has 12 heteroatoms. The number of sulfone groups is 1. The molecule has 32 heavy (non-hydrogen) atoms. The van der Waals surface area contributed by atoms with Crippen LogP contribution in [0.15, 0.2) is 47.4 Å². The summed E-state index contributed by atoms with van der Waals surface area (Å²) in [5.74, 6) is -1.29. The van der Waals surface area contributed by atoms with E-state index in [9.17, 15) is 18.0 Å². The summed E-state index contributed by atoms with van der Waals surface area (Å²) in [6.07, 6.45) is 0. The van der Waals surface area contributed by atoms with Crippen LogP contribution < -0.4 is 11.1 Å². The summed E-state index contributed by atoms with van der Waals surface area (Å²) in [6.45, 7) is 0.989. The Morgan fingerprint density at radius 3 is 2.34 bits per heavy atom. The monoisotopic (exact) mass is 513 g/mol. The molecule has 0 amide bonds. The van der Waals surface area contributed by atoms with Crippen LogP contribution in [0.25, 0.3) is 0 Å². The summed E-state index contributed by atoms with van der Waals surface area (Å²) in [5.41, 5.74) is 6.59. The highest BCUT2D eigenvalue weighted by Crippen LogP contribution is 2.34. The van der Waals surface area contributed by atoms with E-state index >= 15 is 0 Å². The summed E-state index contributed by atoms with van der Waals surface area (Å²) in [4.78, 5) is 28.1. The van der Waals surface area contributed by atoms with Gasteiger partial charge in [0.05, 0.1) is 26.3 Å². The molecule has 1 aromatic heterocycles. The van der Waals surface area contributed by atoms with Gasteiger partial charge in [0.2, 0.25) is 5.78 Å². The van der Waals surface area contributed by atoms with Gasteiger partial charge < -0.3 is 15.8 Å². The minimum absolute atomic E-state index is 0.0168. The van der Waals surface area contributed by atoms with Crippen molar-refractivity contribution in [3.05, 3.63) is 63.0 Å². The summed E-state index contributed by atoms with van der Waals surface area (Å²) in [5, 5.41) is 3.72. The van der Waals surface area contributed by atoms with Gasteiger partial charge in [0, 0.05) is 12.6 Å². The van der Waals surface area contributed by atoms with Gasteiger partial charge in [-0.1, -0.05) is 40.6 Å². The number of nitrogen functional groups attached to an aromatic ring is 1. The Morgan fingerprint density at radius 2 is 1.75 bits per heavy atom. The molecule has 0 saturated heterocycles. The van der Waals surface area contributed by atoms with Crippen LogP contribution in [0.1, 0.15) is 22.2 Å². The highest BCUT2D eigenvalue weighted by Gasteiger charge is 2.23. The number of anilines is 3. The molecule has 0 atom stereocenters. The number of thiazole rings is 1. The van der Waals surface area contributed by atoms with Gasteiger partial charge in [-0.05, 0) is 36.4 Å². The van der Waals surface area contributed by atoms with Crippen molar-refractivity contribution in [2.45, 2.75) is 11.8 Å². The van der Waals surface area contributed by atoms with E-state index in [1.54, 1.807) is 30.3 Å². The highest BCUT2D eigenvalue weighted by atomic mass is 35.5. The van der Waals surface area contributed by atoms with Gasteiger partial charge in [0.25, 0.3) is 0 Å². The molecule has 3 rings (SSSR count). The van der Waals surface area contributed by atoms with Crippen molar-refractivity contribution in [2.75, 3.05) is 23.4 Å². The van der Waals surface area contributed by atoms with E-state index in [1.807, 2.05) is 0 Å². The smallest absolute Gasteiger partial charge is 0.302 e. The molecule has 168 valence electrons. The lowest BCUT2D eigenvalue weighted by atomic mass is 10.1. The van der Waals surface area contributed by atoms with Crippen molar-refractivity contribution in [3.8, 4) is 0 Å². The third-order valence-electron chi connectivity index (χ3n) is 4.17. The van der Waals surface area contributed by atoms with E-state index in [0.717, 1.165) is 11.3 Å². The SMILES string of the molecule is CC(=O)OCCS(=O)(=O)c1ccc(Nc2nc(N)c(C(=O)c3c(Cl)cccc3Cl)s2)cc1. The lowest BCUT2D eigenvalue weighted by molar-refractivity contribution is -0.140. The first kappa shape index (κ1) is 24.0. The highest BCUT2D eigenvalue weighted by molar-refractivity contribution is 7.91. The minimum Gasteiger partial charge on any atom is -0.465 e. The van der Waals surface area contributed by atoms with E-state index < -0.39 is 21.6 Å². The molecule has 0 aliphatic heterocycles. The zero-order valence-corrected chi connectivity index (χ0v) is 19.7. The second kappa shape index (κ2) is 9.86. The zero-order valence-electron chi connectivity index (χ0n) is 16.6. The number of carbonyl (C=O) groups excluding carboxylic acids is 2. The number of nitrogens with zero attached hydrogens (tertiary/aromatic N) is 1. The van der Waals surface area contributed by atoms with E-state index in [-0.39, 0.29) is 43.6 Å². The van der Waals surface area contributed by atoms with Crippen LogP contribution in [0, 0.1) is 0 Å². The molecular weight excluding hydrogens is 497 g/mol. The average Bonchev–Trinajstić information content (AvgIpc) is 3.07. The molecule has 0 spiro atoms. The predicted octanol–water partition coefficient (Wildman–Crippen LogP) is 4.34. The number of esters is 1. The van der Waals surface area contributed by atoms with Gasteiger partial charge in [0.15, 0.2) is 15.0 Å². The number of nitrogens with two attached hydrogens (primary N) is 1. The van der Waals surface area contributed by atoms with Gasteiger partial charge in [-0.15, -0.1) is 0 Å². The first-order valence-electron chi connectivity index (χ1n) is 9.06. The average molecular weight is 514 g/mol. The molecule has 0 aliphatic carbocycles. The largest absolute Gasteiger partial charge is 0.465 e. The topological polar surface area (TPSA) is 128 Å². The fourth-order valence-corrected chi connectivity index (χ4v) is 5.17. The predicted molar refractivity (Wildman–Crippen MR) is 125 cm³/mol. The lowest BCUT2D eigenvalue weighted by Gasteiger charge is -2.07. The second-order valence-corrected chi connectivity index (χ2v) is 10.4. The third-order valence-corrected chi connectivity index (χ3v) is 7.48. The summed E-state index contributed by atoms with van der Waals surface area (Å²) in [7, 11) is -3.61. The minimum atomic E-state index is -3.61. The van der Waals surface area contributed by atoms with Crippen molar-refractivity contribution < 1.29 is 22.7 Å². The molecule has 0 aliphatic rings. The standard InChI is InChI=1S/C20H17Cl2N3O5S2/c1-11(26)30-9-10-32(28,29)13-7-5-12(6-8-13)24-20-25-19(23)18(31-20)17(27)16-14(21)3-2-4-15(16)22/h2-8H,9-10,23H2,1H3,(H,24,25).